The number of amides is 1. The maximum Gasteiger partial charge on any atom is 0.266 e. The van der Waals surface area contributed by atoms with E-state index < -0.39 is 0 Å². The van der Waals surface area contributed by atoms with Crippen LogP contribution in [-0.4, -0.2) is 25.0 Å². The molecule has 0 atom stereocenters. The summed E-state index contributed by atoms with van der Waals surface area (Å²) < 4.78 is 0. The first-order chi connectivity index (χ1) is 8.58. The first-order valence-corrected chi connectivity index (χ1v) is 6.44. The number of thiophene rings is 1. The first kappa shape index (κ1) is 12.6. The number of nitrogens with zero attached hydrogens (tertiary/aromatic N) is 2. The van der Waals surface area contributed by atoms with Crippen LogP contribution in [0.2, 0.25) is 0 Å². The van der Waals surface area contributed by atoms with E-state index in [2.05, 4.69) is 10.3 Å². The van der Waals surface area contributed by atoms with Crippen molar-refractivity contribution >= 4 is 28.7 Å². The maximum atomic E-state index is 12.0. The van der Waals surface area contributed by atoms with Crippen LogP contribution < -0.4 is 10.2 Å². The van der Waals surface area contributed by atoms with Gasteiger partial charge in [-0.25, -0.2) is 4.98 Å². The van der Waals surface area contributed by atoms with Crippen LogP contribution in [0.4, 0.5) is 11.5 Å². The molecule has 0 aliphatic rings. The van der Waals surface area contributed by atoms with Gasteiger partial charge in [-0.15, -0.1) is 11.3 Å². The predicted octanol–water partition coefficient (Wildman–Crippen LogP) is 2.77. The van der Waals surface area contributed by atoms with Gasteiger partial charge >= 0.3 is 0 Å². The summed E-state index contributed by atoms with van der Waals surface area (Å²) in [6.07, 6.45) is 1.66. The van der Waals surface area contributed by atoms with E-state index in [0.717, 1.165) is 16.3 Å². The number of nitrogens with one attached hydrogen (secondary N) is 1. The highest BCUT2D eigenvalue weighted by Crippen LogP contribution is 2.18. The molecule has 2 aromatic rings. The van der Waals surface area contributed by atoms with Crippen LogP contribution in [0.15, 0.2) is 29.8 Å². The summed E-state index contributed by atoms with van der Waals surface area (Å²) in [4.78, 5) is 18.9. The monoisotopic (exact) mass is 261 g/mol. The van der Waals surface area contributed by atoms with E-state index in [4.69, 9.17) is 0 Å². The van der Waals surface area contributed by atoms with Crippen molar-refractivity contribution in [3.8, 4) is 0 Å². The van der Waals surface area contributed by atoms with Gasteiger partial charge in [0.05, 0.1) is 16.8 Å². The molecule has 0 unspecified atom stereocenters. The lowest BCUT2D eigenvalue weighted by Gasteiger charge is -2.11. The van der Waals surface area contributed by atoms with Crippen molar-refractivity contribution in [3.63, 3.8) is 0 Å². The first-order valence-electron chi connectivity index (χ1n) is 5.57. The van der Waals surface area contributed by atoms with E-state index >= 15 is 0 Å². The van der Waals surface area contributed by atoms with Crippen molar-refractivity contribution in [1.82, 2.24) is 4.98 Å². The quantitative estimate of drug-likeness (QED) is 0.924. The molecular formula is C13H15N3OS. The molecule has 5 heteroatoms. The van der Waals surface area contributed by atoms with Gasteiger partial charge in [-0.05, 0) is 36.1 Å². The Balaban J connectivity index is 2.10. The SMILES string of the molecule is Cc1ccsc1C(=O)Nc1ccc(N(C)C)nc1. The van der Waals surface area contributed by atoms with Crippen LogP contribution in [0.1, 0.15) is 15.2 Å². The molecule has 0 bridgehead atoms. The summed E-state index contributed by atoms with van der Waals surface area (Å²) in [6.45, 7) is 1.93. The van der Waals surface area contributed by atoms with Crippen molar-refractivity contribution in [2.75, 3.05) is 24.3 Å². The average Bonchev–Trinajstić information content (AvgIpc) is 2.76. The fourth-order valence-electron chi connectivity index (χ4n) is 1.52. The second-order valence-corrected chi connectivity index (χ2v) is 5.10. The third kappa shape index (κ3) is 2.68. The minimum absolute atomic E-state index is 0.0816. The van der Waals surface area contributed by atoms with Gasteiger partial charge in [0.2, 0.25) is 0 Å². The summed E-state index contributed by atoms with van der Waals surface area (Å²) >= 11 is 1.44. The van der Waals surface area contributed by atoms with Gasteiger partial charge in [-0.1, -0.05) is 0 Å². The number of pyridine rings is 1. The summed E-state index contributed by atoms with van der Waals surface area (Å²) in [5, 5.41) is 4.76. The molecule has 2 aromatic heterocycles. The van der Waals surface area contributed by atoms with E-state index in [1.54, 1.807) is 6.20 Å². The van der Waals surface area contributed by atoms with Crippen LogP contribution in [0.3, 0.4) is 0 Å². The zero-order chi connectivity index (χ0) is 13.1. The number of hydrogen-bond acceptors (Lipinski definition) is 4. The summed E-state index contributed by atoms with van der Waals surface area (Å²) in [6, 6.07) is 5.66. The van der Waals surface area contributed by atoms with Gasteiger partial charge < -0.3 is 10.2 Å². The smallest absolute Gasteiger partial charge is 0.266 e. The molecule has 4 nitrogen and oxygen atoms in total. The summed E-state index contributed by atoms with van der Waals surface area (Å²) in [7, 11) is 3.85. The number of aromatic nitrogens is 1. The van der Waals surface area contributed by atoms with Crippen molar-refractivity contribution < 1.29 is 4.79 Å². The summed E-state index contributed by atoms with van der Waals surface area (Å²) in [5.74, 6) is 0.780. The van der Waals surface area contributed by atoms with Crippen molar-refractivity contribution in [2.24, 2.45) is 0 Å². The molecule has 0 radical (unpaired) electrons. The Hall–Kier alpha value is -1.88. The van der Waals surface area contributed by atoms with Gasteiger partial charge in [-0.3, -0.25) is 4.79 Å². The third-order valence-corrected chi connectivity index (χ3v) is 3.55. The van der Waals surface area contributed by atoms with Crippen LogP contribution in [-0.2, 0) is 0 Å². The minimum atomic E-state index is -0.0816. The topological polar surface area (TPSA) is 45.2 Å². The molecular weight excluding hydrogens is 246 g/mol. The molecule has 0 aromatic carbocycles. The highest BCUT2D eigenvalue weighted by molar-refractivity contribution is 7.12. The number of aryl methyl sites for hydroxylation is 1. The van der Waals surface area contributed by atoms with Gasteiger partial charge in [-0.2, -0.15) is 0 Å². The molecule has 0 aliphatic heterocycles. The molecule has 2 rings (SSSR count). The lowest BCUT2D eigenvalue weighted by atomic mass is 10.3. The maximum absolute atomic E-state index is 12.0. The van der Waals surface area contributed by atoms with Gasteiger partial charge in [0.15, 0.2) is 0 Å². The Morgan fingerprint density at radius 3 is 2.61 bits per heavy atom. The van der Waals surface area contributed by atoms with Crippen LogP contribution in [0.5, 0.6) is 0 Å². The summed E-state index contributed by atoms with van der Waals surface area (Å²) in [5.41, 5.74) is 1.70. The zero-order valence-electron chi connectivity index (χ0n) is 10.6. The van der Waals surface area contributed by atoms with E-state index in [1.807, 2.05) is 49.5 Å². The molecule has 1 N–H and O–H groups in total. The fraction of sp³-hybridized carbons (Fsp3) is 0.231. The second kappa shape index (κ2) is 5.18. The molecule has 0 saturated carbocycles. The van der Waals surface area contributed by atoms with Crippen LogP contribution in [0.25, 0.3) is 0 Å². The Labute approximate surface area is 110 Å². The molecule has 0 aliphatic carbocycles. The highest BCUT2D eigenvalue weighted by atomic mass is 32.1. The van der Waals surface area contributed by atoms with Crippen LogP contribution in [0, 0.1) is 6.92 Å². The molecule has 0 spiro atoms. The highest BCUT2D eigenvalue weighted by Gasteiger charge is 2.10. The molecule has 2 heterocycles. The lowest BCUT2D eigenvalue weighted by molar-refractivity contribution is 0.103. The Morgan fingerprint density at radius 1 is 1.33 bits per heavy atom. The van der Waals surface area contributed by atoms with E-state index in [0.29, 0.717) is 5.69 Å². The normalized spacial score (nSPS) is 10.2. The Bertz CT molecular complexity index is 546. The average molecular weight is 261 g/mol. The number of anilines is 2. The van der Waals surface area contributed by atoms with Gasteiger partial charge in [0, 0.05) is 14.1 Å². The molecule has 1 amide bonds. The second-order valence-electron chi connectivity index (χ2n) is 4.19. The number of carbonyl (C=O) groups excluding carboxylic acids is 1. The minimum Gasteiger partial charge on any atom is -0.363 e. The van der Waals surface area contributed by atoms with Crippen molar-refractivity contribution in [2.45, 2.75) is 6.92 Å². The third-order valence-electron chi connectivity index (χ3n) is 2.53. The van der Waals surface area contributed by atoms with E-state index in [-0.39, 0.29) is 5.91 Å². The van der Waals surface area contributed by atoms with Gasteiger partial charge in [0.1, 0.15) is 5.82 Å². The zero-order valence-corrected chi connectivity index (χ0v) is 11.4. The van der Waals surface area contributed by atoms with Gasteiger partial charge in [0.25, 0.3) is 5.91 Å². The van der Waals surface area contributed by atoms with E-state index in [1.165, 1.54) is 11.3 Å². The molecule has 18 heavy (non-hydrogen) atoms. The molecule has 0 fully saturated rings. The Morgan fingerprint density at radius 2 is 2.11 bits per heavy atom. The largest absolute Gasteiger partial charge is 0.363 e. The number of rotatable bonds is 3. The van der Waals surface area contributed by atoms with E-state index in [9.17, 15) is 4.79 Å². The number of hydrogen-bond donors (Lipinski definition) is 1. The lowest BCUT2D eigenvalue weighted by Crippen LogP contribution is -2.13. The van der Waals surface area contributed by atoms with Crippen molar-refractivity contribution in [1.29, 1.82) is 0 Å². The van der Waals surface area contributed by atoms with Crippen LogP contribution >= 0.6 is 11.3 Å². The predicted molar refractivity (Wildman–Crippen MR) is 75.6 cm³/mol. The number of carbonyl (C=O) groups is 1. The van der Waals surface area contributed by atoms with Crippen molar-refractivity contribution in [3.05, 3.63) is 40.2 Å². The standard InChI is InChI=1S/C13H15N3OS/c1-9-6-7-18-12(9)13(17)15-10-4-5-11(14-8-10)16(2)3/h4-8H,1-3H3,(H,15,17). The Kier molecular flexibility index (Phi) is 3.62. The molecule has 0 saturated heterocycles. The fourth-order valence-corrected chi connectivity index (χ4v) is 2.34. The molecule has 94 valence electrons.